The zero-order valence-electron chi connectivity index (χ0n) is 16.1. The maximum absolute atomic E-state index is 12.3. The number of hydrogen-bond acceptors (Lipinski definition) is 4. The quantitative estimate of drug-likeness (QED) is 0.373. The van der Waals surface area contributed by atoms with Gasteiger partial charge in [-0.15, -0.1) is 0 Å². The molecule has 0 aliphatic rings. The molecule has 0 unspecified atom stereocenters. The SMILES string of the molecule is COc1ccccc1NC(=S)NNC(=O)c1ccc(NC(=O)c2ccccc2)cc1. The van der Waals surface area contributed by atoms with Crippen LogP contribution < -0.4 is 26.2 Å². The van der Waals surface area contributed by atoms with E-state index in [1.807, 2.05) is 18.2 Å². The highest BCUT2D eigenvalue weighted by Crippen LogP contribution is 2.22. The number of anilines is 2. The summed E-state index contributed by atoms with van der Waals surface area (Å²) in [5.41, 5.74) is 7.38. The Bertz CT molecular complexity index is 1040. The van der Waals surface area contributed by atoms with Crippen LogP contribution in [0.2, 0.25) is 0 Å². The molecule has 0 spiro atoms. The predicted octanol–water partition coefficient (Wildman–Crippen LogP) is 3.58. The van der Waals surface area contributed by atoms with Crippen molar-refractivity contribution in [1.82, 2.24) is 10.9 Å². The van der Waals surface area contributed by atoms with Gasteiger partial charge in [0.25, 0.3) is 11.8 Å². The van der Waals surface area contributed by atoms with Crippen molar-refractivity contribution < 1.29 is 14.3 Å². The summed E-state index contributed by atoms with van der Waals surface area (Å²) in [4.78, 5) is 24.5. The van der Waals surface area contributed by atoms with Crippen molar-refractivity contribution in [2.75, 3.05) is 17.7 Å². The molecule has 7 nitrogen and oxygen atoms in total. The molecule has 0 aliphatic carbocycles. The van der Waals surface area contributed by atoms with Crippen LogP contribution in [0.1, 0.15) is 20.7 Å². The molecule has 8 heteroatoms. The average Bonchev–Trinajstić information content (AvgIpc) is 2.79. The second-order valence-corrected chi connectivity index (χ2v) is 6.54. The lowest BCUT2D eigenvalue weighted by molar-refractivity contribution is 0.0943. The van der Waals surface area contributed by atoms with Gasteiger partial charge < -0.3 is 15.4 Å². The summed E-state index contributed by atoms with van der Waals surface area (Å²) >= 11 is 5.19. The van der Waals surface area contributed by atoms with Gasteiger partial charge in [-0.3, -0.25) is 20.4 Å². The van der Waals surface area contributed by atoms with Gasteiger partial charge in [0.15, 0.2) is 5.11 Å². The molecule has 0 radical (unpaired) electrons. The minimum absolute atomic E-state index is 0.208. The van der Waals surface area contributed by atoms with Crippen molar-refractivity contribution in [1.29, 1.82) is 0 Å². The van der Waals surface area contributed by atoms with E-state index in [-0.39, 0.29) is 16.9 Å². The summed E-state index contributed by atoms with van der Waals surface area (Å²) in [5.74, 6) is 0.0310. The van der Waals surface area contributed by atoms with E-state index in [4.69, 9.17) is 17.0 Å². The van der Waals surface area contributed by atoms with Gasteiger partial charge in [-0.05, 0) is 60.7 Å². The number of rotatable bonds is 5. The molecule has 4 N–H and O–H groups in total. The van der Waals surface area contributed by atoms with E-state index in [9.17, 15) is 9.59 Å². The second-order valence-electron chi connectivity index (χ2n) is 6.13. The molecule has 2 amide bonds. The summed E-state index contributed by atoms with van der Waals surface area (Å²) in [6, 6.07) is 22.7. The minimum atomic E-state index is -0.375. The summed E-state index contributed by atoms with van der Waals surface area (Å²) in [6.45, 7) is 0. The van der Waals surface area contributed by atoms with Crippen LogP contribution in [0.15, 0.2) is 78.9 Å². The first kappa shape index (κ1) is 20.8. The Hall–Kier alpha value is -3.91. The number of ether oxygens (including phenoxy) is 1. The van der Waals surface area contributed by atoms with Crippen LogP contribution in [0.25, 0.3) is 0 Å². The summed E-state index contributed by atoms with van der Waals surface area (Å²) in [7, 11) is 1.56. The molecule has 0 aliphatic heterocycles. The number of methoxy groups -OCH3 is 1. The number of hydrazine groups is 1. The third kappa shape index (κ3) is 5.55. The van der Waals surface area contributed by atoms with E-state index in [2.05, 4.69) is 21.5 Å². The van der Waals surface area contributed by atoms with Crippen LogP contribution in [-0.2, 0) is 0 Å². The highest BCUT2D eigenvalue weighted by Gasteiger charge is 2.09. The summed E-state index contributed by atoms with van der Waals surface area (Å²) in [6.07, 6.45) is 0. The molecule has 0 bridgehead atoms. The molecule has 30 heavy (non-hydrogen) atoms. The normalized spacial score (nSPS) is 9.90. The molecule has 0 atom stereocenters. The van der Waals surface area contributed by atoms with Gasteiger partial charge in [0.1, 0.15) is 5.75 Å². The number of benzene rings is 3. The molecule has 3 aromatic carbocycles. The molecule has 0 aromatic heterocycles. The fourth-order valence-electron chi connectivity index (χ4n) is 2.58. The molecule has 0 saturated heterocycles. The van der Waals surface area contributed by atoms with Crippen LogP contribution in [0, 0.1) is 0 Å². The van der Waals surface area contributed by atoms with Crippen molar-refractivity contribution in [2.45, 2.75) is 0 Å². The van der Waals surface area contributed by atoms with E-state index >= 15 is 0 Å². The molecule has 3 aromatic rings. The first-order valence-corrected chi connectivity index (χ1v) is 9.44. The minimum Gasteiger partial charge on any atom is -0.495 e. The fourth-order valence-corrected chi connectivity index (χ4v) is 2.75. The Morgan fingerprint density at radius 3 is 2.07 bits per heavy atom. The van der Waals surface area contributed by atoms with E-state index in [0.29, 0.717) is 28.3 Å². The first-order valence-electron chi connectivity index (χ1n) is 9.03. The van der Waals surface area contributed by atoms with Gasteiger partial charge in [0.2, 0.25) is 0 Å². The zero-order valence-corrected chi connectivity index (χ0v) is 17.0. The molecule has 0 saturated carbocycles. The van der Waals surface area contributed by atoms with Gasteiger partial charge in [-0.1, -0.05) is 30.3 Å². The monoisotopic (exact) mass is 420 g/mol. The molecule has 0 fully saturated rings. The van der Waals surface area contributed by atoms with E-state index in [1.54, 1.807) is 67.8 Å². The lowest BCUT2D eigenvalue weighted by Crippen LogP contribution is -2.43. The lowest BCUT2D eigenvalue weighted by Gasteiger charge is -2.14. The summed E-state index contributed by atoms with van der Waals surface area (Å²) < 4.78 is 5.24. The number of para-hydroxylation sites is 2. The van der Waals surface area contributed by atoms with Crippen LogP contribution >= 0.6 is 12.2 Å². The molecule has 152 valence electrons. The van der Waals surface area contributed by atoms with Gasteiger partial charge in [-0.2, -0.15) is 0 Å². The van der Waals surface area contributed by atoms with Crippen molar-refractivity contribution in [3.05, 3.63) is 90.0 Å². The van der Waals surface area contributed by atoms with Crippen LogP contribution in [0.4, 0.5) is 11.4 Å². The predicted molar refractivity (Wildman–Crippen MR) is 121 cm³/mol. The highest BCUT2D eigenvalue weighted by atomic mass is 32.1. The van der Waals surface area contributed by atoms with Gasteiger partial charge >= 0.3 is 0 Å². The Morgan fingerprint density at radius 2 is 1.37 bits per heavy atom. The maximum Gasteiger partial charge on any atom is 0.269 e. The Balaban J connectivity index is 1.52. The Kier molecular flexibility index (Phi) is 6.96. The van der Waals surface area contributed by atoms with Crippen LogP contribution in [0.3, 0.4) is 0 Å². The zero-order chi connectivity index (χ0) is 21.3. The molecule has 0 heterocycles. The highest BCUT2D eigenvalue weighted by molar-refractivity contribution is 7.80. The van der Waals surface area contributed by atoms with Crippen molar-refractivity contribution in [3.63, 3.8) is 0 Å². The summed E-state index contributed by atoms with van der Waals surface area (Å²) in [5, 5.41) is 5.94. The van der Waals surface area contributed by atoms with Gasteiger partial charge in [0.05, 0.1) is 12.8 Å². The molecular weight excluding hydrogens is 400 g/mol. The van der Waals surface area contributed by atoms with E-state index < -0.39 is 0 Å². The van der Waals surface area contributed by atoms with E-state index in [0.717, 1.165) is 0 Å². The Morgan fingerprint density at radius 1 is 0.733 bits per heavy atom. The standard InChI is InChI=1S/C22H20N4O3S/c1-29-19-10-6-5-9-18(19)24-22(30)26-25-21(28)16-11-13-17(14-12-16)23-20(27)15-7-3-2-4-8-15/h2-14H,1H3,(H,23,27)(H,25,28)(H2,24,26,30). The largest absolute Gasteiger partial charge is 0.495 e. The third-order valence-corrected chi connectivity index (χ3v) is 4.29. The molecule has 3 rings (SSSR count). The smallest absolute Gasteiger partial charge is 0.269 e. The van der Waals surface area contributed by atoms with E-state index in [1.165, 1.54) is 0 Å². The number of thiocarbonyl (C=S) groups is 1. The van der Waals surface area contributed by atoms with Crippen molar-refractivity contribution in [2.24, 2.45) is 0 Å². The number of nitrogens with one attached hydrogen (secondary N) is 4. The fraction of sp³-hybridized carbons (Fsp3) is 0.0455. The number of hydrogen-bond donors (Lipinski definition) is 4. The number of carbonyl (C=O) groups excluding carboxylic acids is 2. The van der Waals surface area contributed by atoms with Gasteiger partial charge in [-0.25, -0.2) is 0 Å². The first-order chi connectivity index (χ1) is 14.6. The Labute approximate surface area is 179 Å². The van der Waals surface area contributed by atoms with Crippen molar-refractivity contribution >= 4 is 40.5 Å². The van der Waals surface area contributed by atoms with Crippen molar-refractivity contribution in [3.8, 4) is 5.75 Å². The van der Waals surface area contributed by atoms with Crippen LogP contribution in [0.5, 0.6) is 5.75 Å². The van der Waals surface area contributed by atoms with Crippen LogP contribution in [-0.4, -0.2) is 24.0 Å². The van der Waals surface area contributed by atoms with Gasteiger partial charge in [0, 0.05) is 16.8 Å². The molecular formula is C22H20N4O3S. The number of carbonyl (C=O) groups is 2. The lowest BCUT2D eigenvalue weighted by atomic mass is 10.2. The third-order valence-electron chi connectivity index (χ3n) is 4.09. The number of amides is 2. The second kappa shape index (κ2) is 10.0. The topological polar surface area (TPSA) is 91.5 Å². The maximum atomic E-state index is 12.3. The average molecular weight is 420 g/mol.